The lowest BCUT2D eigenvalue weighted by Crippen LogP contribution is -2.69. The normalized spacial score (nSPS) is 16.8. The van der Waals surface area contributed by atoms with Gasteiger partial charge < -0.3 is 48.6 Å². The van der Waals surface area contributed by atoms with Crippen LogP contribution in [0, 0.1) is 0 Å². The summed E-state index contributed by atoms with van der Waals surface area (Å²) in [6, 6.07) is 0. The van der Waals surface area contributed by atoms with Crippen LogP contribution in [0.5, 0.6) is 0 Å². The number of anilines is 4. The summed E-state index contributed by atoms with van der Waals surface area (Å²) in [4.78, 5) is 40.4. The number of methoxy groups -OCH3 is 4. The lowest BCUT2D eigenvalue weighted by atomic mass is 9.93. The van der Waals surface area contributed by atoms with E-state index < -0.39 is 24.9 Å². The first kappa shape index (κ1) is 34.6. The molecule has 0 saturated carbocycles. The van der Waals surface area contributed by atoms with E-state index >= 15 is 0 Å². The Labute approximate surface area is 259 Å². The molecule has 2 aliphatic heterocycles. The third kappa shape index (κ3) is 7.74. The minimum absolute atomic E-state index is 0.0153. The number of hydrogen-bond donors (Lipinski definition) is 1. The zero-order valence-corrected chi connectivity index (χ0v) is 26.3. The van der Waals surface area contributed by atoms with Crippen molar-refractivity contribution in [3.63, 3.8) is 0 Å². The van der Waals surface area contributed by atoms with Gasteiger partial charge in [0.2, 0.25) is 17.8 Å². The highest BCUT2D eigenvalue weighted by molar-refractivity contribution is 5.97. The second-order valence-corrected chi connectivity index (χ2v) is 11.0. The van der Waals surface area contributed by atoms with Gasteiger partial charge in [-0.05, 0) is 0 Å². The highest BCUT2D eigenvalue weighted by Gasteiger charge is 2.61. The molecule has 1 N–H and O–H groups in total. The second-order valence-electron chi connectivity index (χ2n) is 11.0. The van der Waals surface area contributed by atoms with Crippen LogP contribution in [-0.4, -0.2) is 168 Å². The molecular formula is C27H42F3N9O6. The number of alkyl halides is 3. The summed E-state index contributed by atoms with van der Waals surface area (Å²) in [5.41, 5.74) is -2.45. The number of hydrogen-bond acceptors (Lipinski definition) is 14. The van der Waals surface area contributed by atoms with Crippen LogP contribution in [0.15, 0.2) is 0 Å². The molecule has 45 heavy (non-hydrogen) atoms. The molecule has 15 nitrogen and oxygen atoms in total. The first-order chi connectivity index (χ1) is 21.5. The van der Waals surface area contributed by atoms with Crippen LogP contribution in [0.3, 0.4) is 0 Å². The molecule has 0 atom stereocenters. The van der Waals surface area contributed by atoms with Crippen molar-refractivity contribution in [3.8, 4) is 0 Å². The molecule has 0 unspecified atom stereocenters. The Balaban J connectivity index is 1.94. The van der Waals surface area contributed by atoms with E-state index in [1.165, 1.54) is 4.90 Å². The number of carbonyl (C=O) groups excluding carboxylic acids is 1. The van der Waals surface area contributed by atoms with Gasteiger partial charge in [-0.3, -0.25) is 4.79 Å². The Morgan fingerprint density at radius 3 is 1.56 bits per heavy atom. The highest BCUT2D eigenvalue weighted by Crippen LogP contribution is 2.42. The fourth-order valence-electron chi connectivity index (χ4n) is 4.97. The SMILES string of the molecule is COCCN(CCOC)c1nc(N2CC(O)(C(F)(F)F)C2)c2nc(N(CCOC)CCOC)nc(N3CCN(C)C(=O)C3)c2n1. The monoisotopic (exact) mass is 645 g/mol. The third-order valence-corrected chi connectivity index (χ3v) is 7.80. The van der Waals surface area contributed by atoms with Crippen molar-refractivity contribution in [2.45, 2.75) is 11.8 Å². The van der Waals surface area contributed by atoms with Gasteiger partial charge in [0.25, 0.3) is 0 Å². The lowest BCUT2D eigenvalue weighted by Gasteiger charge is -2.47. The predicted octanol–water partition coefficient (Wildman–Crippen LogP) is 0.0100. The number of halogens is 3. The highest BCUT2D eigenvalue weighted by atomic mass is 19.4. The molecule has 0 aliphatic carbocycles. The average molecular weight is 646 g/mol. The Morgan fingerprint density at radius 2 is 1.18 bits per heavy atom. The van der Waals surface area contributed by atoms with Crippen LogP contribution >= 0.6 is 0 Å². The van der Waals surface area contributed by atoms with Gasteiger partial charge in [0.1, 0.15) is 11.0 Å². The Hall–Kier alpha value is -3.32. The van der Waals surface area contributed by atoms with Crippen molar-refractivity contribution in [1.29, 1.82) is 0 Å². The van der Waals surface area contributed by atoms with E-state index in [0.717, 1.165) is 0 Å². The van der Waals surface area contributed by atoms with E-state index in [0.29, 0.717) is 71.5 Å². The summed E-state index contributed by atoms with van der Waals surface area (Å²) in [7, 11) is 7.95. The summed E-state index contributed by atoms with van der Waals surface area (Å²) in [6.45, 7) is 2.23. The molecule has 0 bridgehead atoms. The Bertz CT molecular complexity index is 1280. The smallest absolute Gasteiger partial charge is 0.383 e. The molecule has 18 heteroatoms. The van der Waals surface area contributed by atoms with E-state index in [-0.39, 0.29) is 41.2 Å². The van der Waals surface area contributed by atoms with Gasteiger partial charge in [0, 0.05) is 74.8 Å². The van der Waals surface area contributed by atoms with E-state index in [9.17, 15) is 23.1 Å². The fraction of sp³-hybridized carbons (Fsp3) is 0.741. The third-order valence-electron chi connectivity index (χ3n) is 7.80. The number of piperazine rings is 1. The topological polar surface area (TPSA) is 142 Å². The fourth-order valence-corrected chi connectivity index (χ4v) is 4.97. The average Bonchev–Trinajstić information content (AvgIpc) is 2.99. The van der Waals surface area contributed by atoms with Crippen LogP contribution in [0.25, 0.3) is 11.0 Å². The largest absolute Gasteiger partial charge is 0.420 e. The minimum Gasteiger partial charge on any atom is -0.383 e. The molecule has 2 fully saturated rings. The van der Waals surface area contributed by atoms with Crippen LogP contribution in [0.2, 0.25) is 0 Å². The number of nitrogens with zero attached hydrogens (tertiary/aromatic N) is 9. The van der Waals surface area contributed by atoms with Crippen molar-refractivity contribution in [1.82, 2.24) is 24.8 Å². The van der Waals surface area contributed by atoms with Gasteiger partial charge in [-0.15, -0.1) is 0 Å². The standard InChI is InChI=1S/C27H42F3N9O6/c1-35-6-7-38(16-19(35)40)22-20-21(32-24(33-22)36(8-12-42-2)9-13-43-3)23(39-17-26(41,18-39)27(28,29)30)34-25(31-20)37(10-14-44-4)11-15-45-5/h41H,6-18H2,1-5H3. The van der Waals surface area contributed by atoms with E-state index in [4.69, 9.17) is 38.9 Å². The first-order valence-electron chi connectivity index (χ1n) is 14.5. The molecule has 2 aromatic heterocycles. The maximum Gasteiger partial charge on any atom is 0.420 e. The number of aliphatic hydroxyl groups is 1. The number of likely N-dealkylation sites (N-methyl/N-ethyl adjacent to an activating group) is 1. The quantitative estimate of drug-likeness (QED) is 0.262. The molecule has 0 spiro atoms. The van der Waals surface area contributed by atoms with Gasteiger partial charge in [-0.25, -0.2) is 9.97 Å². The molecule has 0 aromatic carbocycles. The maximum absolute atomic E-state index is 13.7. The van der Waals surface area contributed by atoms with Crippen LogP contribution in [-0.2, 0) is 23.7 Å². The van der Waals surface area contributed by atoms with Gasteiger partial charge in [-0.2, -0.15) is 23.1 Å². The Kier molecular flexibility index (Phi) is 11.4. The number of rotatable bonds is 16. The van der Waals surface area contributed by atoms with E-state index in [2.05, 4.69) is 0 Å². The molecule has 2 aromatic rings. The first-order valence-corrected chi connectivity index (χ1v) is 14.5. The molecule has 4 rings (SSSR count). The molecule has 1 amide bonds. The number of carbonyl (C=O) groups is 1. The van der Waals surface area contributed by atoms with Crippen molar-refractivity contribution < 1.29 is 42.0 Å². The Morgan fingerprint density at radius 1 is 0.756 bits per heavy atom. The van der Waals surface area contributed by atoms with Gasteiger partial charge in [0.15, 0.2) is 17.2 Å². The van der Waals surface area contributed by atoms with Crippen molar-refractivity contribution in [2.75, 3.05) is 140 Å². The number of amides is 1. The van der Waals surface area contributed by atoms with E-state index in [1.807, 2.05) is 4.90 Å². The summed E-state index contributed by atoms with van der Waals surface area (Å²) < 4.78 is 62.3. The van der Waals surface area contributed by atoms with Crippen LogP contribution in [0.4, 0.5) is 36.7 Å². The maximum atomic E-state index is 13.7. The van der Waals surface area contributed by atoms with Crippen LogP contribution in [0.1, 0.15) is 0 Å². The predicted molar refractivity (Wildman–Crippen MR) is 160 cm³/mol. The molecule has 0 radical (unpaired) electrons. The minimum atomic E-state index is -4.83. The lowest BCUT2D eigenvalue weighted by molar-refractivity contribution is -0.267. The molecule has 2 saturated heterocycles. The zero-order chi connectivity index (χ0) is 32.8. The summed E-state index contributed by atoms with van der Waals surface area (Å²) in [5.74, 6) is 0.763. The second kappa shape index (κ2) is 14.8. The van der Waals surface area contributed by atoms with Crippen LogP contribution < -0.4 is 19.6 Å². The number of aromatic nitrogens is 4. The number of β-amino-alcohol motifs (C(OH)–C–C–N with tert-alkyl or cyclic N) is 1. The van der Waals surface area contributed by atoms with Gasteiger partial charge >= 0.3 is 6.18 Å². The summed E-state index contributed by atoms with van der Waals surface area (Å²) >= 11 is 0. The zero-order valence-electron chi connectivity index (χ0n) is 26.3. The van der Waals surface area contributed by atoms with Gasteiger partial charge in [-0.1, -0.05) is 0 Å². The summed E-state index contributed by atoms with van der Waals surface area (Å²) in [6.07, 6.45) is -4.83. The number of fused-ring (bicyclic) bond motifs is 1. The van der Waals surface area contributed by atoms with Crippen molar-refractivity contribution in [2.24, 2.45) is 0 Å². The van der Waals surface area contributed by atoms with Crippen molar-refractivity contribution >= 4 is 40.5 Å². The molecular weight excluding hydrogens is 603 g/mol. The molecule has 4 heterocycles. The van der Waals surface area contributed by atoms with Crippen molar-refractivity contribution in [3.05, 3.63) is 0 Å². The number of ether oxygens (including phenoxy) is 4. The van der Waals surface area contributed by atoms with E-state index in [1.54, 1.807) is 50.2 Å². The molecule has 2 aliphatic rings. The molecule has 252 valence electrons. The van der Waals surface area contributed by atoms with Gasteiger partial charge in [0.05, 0.1) is 46.1 Å². The summed E-state index contributed by atoms with van der Waals surface area (Å²) in [5, 5.41) is 10.3.